The third-order valence-electron chi connectivity index (χ3n) is 3.25. The van der Waals surface area contributed by atoms with Crippen LogP contribution in [0, 0.1) is 11.8 Å². The van der Waals surface area contributed by atoms with Gasteiger partial charge in [0.25, 0.3) is 0 Å². The van der Waals surface area contributed by atoms with Crippen LogP contribution in [0.2, 0.25) is 0 Å². The maximum atomic E-state index is 11.0. The van der Waals surface area contributed by atoms with Gasteiger partial charge in [0.05, 0.1) is 13.0 Å². The highest BCUT2D eigenvalue weighted by Crippen LogP contribution is 2.29. The second kappa shape index (κ2) is 11.0. The van der Waals surface area contributed by atoms with E-state index in [1.54, 1.807) is 0 Å². The van der Waals surface area contributed by atoms with E-state index in [0.717, 1.165) is 5.92 Å². The first kappa shape index (κ1) is 16.9. The Morgan fingerprint density at radius 1 is 1.41 bits per heavy atom. The molecule has 0 radical (unpaired) electrons. The summed E-state index contributed by atoms with van der Waals surface area (Å²) in [6.07, 6.45) is 7.42. The molecule has 0 spiro atoms. The largest absolute Gasteiger partial charge is 0.465 e. The monoisotopic (exact) mass is 262 g/mol. The molecule has 1 rings (SSSR count). The summed E-state index contributed by atoms with van der Waals surface area (Å²) < 4.78 is 5.17. The molecule has 0 bridgehead atoms. The fourth-order valence-corrected chi connectivity index (χ4v) is 2.17. The molecule has 2 atom stereocenters. The molecule has 1 N–H and O–H groups in total. The molecule has 1 saturated carbocycles. The van der Waals surface area contributed by atoms with Crippen LogP contribution < -0.4 is 0 Å². The van der Waals surface area contributed by atoms with Crippen molar-refractivity contribution in [2.24, 2.45) is 11.8 Å². The van der Waals surface area contributed by atoms with Crippen LogP contribution in [-0.2, 0) is 9.53 Å². The van der Waals surface area contributed by atoms with E-state index in [1.807, 2.05) is 6.92 Å². The first-order valence-electron chi connectivity index (χ1n) is 6.62. The van der Waals surface area contributed by atoms with E-state index in [0.29, 0.717) is 18.9 Å². The van der Waals surface area contributed by atoms with Crippen LogP contribution in [0.3, 0.4) is 0 Å². The third kappa shape index (κ3) is 8.57. The summed E-state index contributed by atoms with van der Waals surface area (Å²) in [6.45, 7) is 4.67. The zero-order chi connectivity index (χ0) is 13.1. The second-order valence-electron chi connectivity index (χ2n) is 4.59. The highest BCUT2D eigenvalue weighted by atomic mass is 31.0. The van der Waals surface area contributed by atoms with Crippen molar-refractivity contribution in [3.8, 4) is 0 Å². The Kier molecular flexibility index (Phi) is 10.9. The van der Waals surface area contributed by atoms with Gasteiger partial charge in [0.2, 0.25) is 0 Å². The molecule has 4 heteroatoms. The van der Waals surface area contributed by atoms with E-state index in [2.05, 4.69) is 16.2 Å². The molecule has 2 unspecified atom stereocenters. The third-order valence-corrected chi connectivity index (χ3v) is 3.25. The lowest BCUT2D eigenvalue weighted by Crippen LogP contribution is -2.21. The number of hydrogen-bond acceptors (Lipinski definition) is 3. The highest BCUT2D eigenvalue weighted by molar-refractivity contribution is 7.16. The molecule has 3 nitrogen and oxygen atoms in total. The summed E-state index contributed by atoms with van der Waals surface area (Å²) in [6, 6.07) is 0. The number of esters is 1. The average molecular weight is 262 g/mol. The minimum Gasteiger partial charge on any atom is -0.465 e. The second-order valence-corrected chi connectivity index (χ2v) is 4.96. The molecule has 102 valence electrons. The van der Waals surface area contributed by atoms with Gasteiger partial charge >= 0.3 is 5.97 Å². The molecular formula is C13H27O3P. The van der Waals surface area contributed by atoms with E-state index in [-0.39, 0.29) is 12.3 Å². The van der Waals surface area contributed by atoms with Gasteiger partial charge in [-0.15, -0.1) is 9.24 Å². The lowest BCUT2D eigenvalue weighted by atomic mass is 9.81. The fourth-order valence-electron chi connectivity index (χ4n) is 2.17. The maximum Gasteiger partial charge on any atom is 0.305 e. The number of aliphatic hydroxyl groups is 1. The lowest BCUT2D eigenvalue weighted by molar-refractivity contribution is -0.145. The van der Waals surface area contributed by atoms with E-state index < -0.39 is 0 Å². The molecule has 0 amide bonds. The van der Waals surface area contributed by atoms with E-state index in [4.69, 9.17) is 9.84 Å². The Hall–Kier alpha value is -0.140. The van der Waals surface area contributed by atoms with Crippen LogP contribution in [0.5, 0.6) is 0 Å². The smallest absolute Gasteiger partial charge is 0.305 e. The highest BCUT2D eigenvalue weighted by Gasteiger charge is 2.20. The predicted molar refractivity (Wildman–Crippen MR) is 73.8 cm³/mol. The van der Waals surface area contributed by atoms with Crippen molar-refractivity contribution >= 4 is 15.2 Å². The van der Waals surface area contributed by atoms with Gasteiger partial charge in [0.1, 0.15) is 0 Å². The van der Waals surface area contributed by atoms with Gasteiger partial charge in [0, 0.05) is 6.42 Å². The SMILES string of the molecule is CCC(=O)OCC(C)C1CCCCC1.OCP. The van der Waals surface area contributed by atoms with Crippen molar-refractivity contribution in [2.45, 2.75) is 52.4 Å². The average Bonchev–Trinajstić information content (AvgIpc) is 2.37. The van der Waals surface area contributed by atoms with Crippen LogP contribution in [0.1, 0.15) is 52.4 Å². The Balaban J connectivity index is 0.000000770. The standard InChI is InChI=1S/C12H22O2.CH5OP/c1-3-12(13)14-9-10(2)11-7-5-4-6-8-11;2-1-3/h10-11H,3-9H2,1-2H3;2H,1,3H2. The fraction of sp³-hybridized carbons (Fsp3) is 0.923. The van der Waals surface area contributed by atoms with Crippen molar-refractivity contribution in [2.75, 3.05) is 13.0 Å². The number of carbonyl (C=O) groups is 1. The number of ether oxygens (including phenoxy) is 1. The van der Waals surface area contributed by atoms with Crippen LogP contribution >= 0.6 is 9.24 Å². The summed E-state index contributed by atoms with van der Waals surface area (Å²) in [4.78, 5) is 11.0. The van der Waals surface area contributed by atoms with Crippen molar-refractivity contribution < 1.29 is 14.6 Å². The van der Waals surface area contributed by atoms with Crippen molar-refractivity contribution in [1.82, 2.24) is 0 Å². The van der Waals surface area contributed by atoms with Gasteiger partial charge in [-0.05, 0) is 11.8 Å². The topological polar surface area (TPSA) is 46.5 Å². The van der Waals surface area contributed by atoms with Crippen LogP contribution in [-0.4, -0.2) is 24.0 Å². The van der Waals surface area contributed by atoms with Gasteiger partial charge in [0.15, 0.2) is 0 Å². The quantitative estimate of drug-likeness (QED) is 0.626. The molecule has 1 fully saturated rings. The lowest BCUT2D eigenvalue weighted by Gasteiger charge is -2.27. The van der Waals surface area contributed by atoms with Crippen molar-refractivity contribution in [3.05, 3.63) is 0 Å². The van der Waals surface area contributed by atoms with Gasteiger partial charge < -0.3 is 9.84 Å². The van der Waals surface area contributed by atoms with Gasteiger partial charge in [-0.25, -0.2) is 0 Å². The van der Waals surface area contributed by atoms with E-state index in [1.165, 1.54) is 32.1 Å². The summed E-state index contributed by atoms with van der Waals surface area (Å²) >= 11 is 0. The molecule has 1 aliphatic carbocycles. The first-order valence-corrected chi connectivity index (χ1v) is 7.43. The molecule has 0 aliphatic heterocycles. The maximum absolute atomic E-state index is 11.0. The Labute approximate surface area is 108 Å². The molecule has 0 heterocycles. The number of hydrogen-bond donors (Lipinski definition) is 1. The van der Waals surface area contributed by atoms with Crippen molar-refractivity contribution in [1.29, 1.82) is 0 Å². The van der Waals surface area contributed by atoms with Crippen LogP contribution in [0.15, 0.2) is 0 Å². The summed E-state index contributed by atoms with van der Waals surface area (Å²) in [7, 11) is 2.13. The summed E-state index contributed by atoms with van der Waals surface area (Å²) in [5.41, 5.74) is 0. The first-order chi connectivity index (χ1) is 8.15. The Morgan fingerprint density at radius 3 is 2.41 bits per heavy atom. The zero-order valence-electron chi connectivity index (χ0n) is 11.2. The molecule has 0 aromatic carbocycles. The van der Waals surface area contributed by atoms with Gasteiger partial charge in [-0.2, -0.15) is 0 Å². The molecule has 1 aliphatic rings. The normalized spacial score (nSPS) is 17.9. The summed E-state index contributed by atoms with van der Waals surface area (Å²) in [5.74, 6) is 1.27. The summed E-state index contributed by atoms with van der Waals surface area (Å²) in [5, 5.41) is 7.53. The molecule has 0 aromatic rings. The minimum absolute atomic E-state index is 0.0624. The molecular weight excluding hydrogens is 235 g/mol. The van der Waals surface area contributed by atoms with E-state index in [9.17, 15) is 4.79 Å². The van der Waals surface area contributed by atoms with Crippen molar-refractivity contribution in [3.63, 3.8) is 0 Å². The molecule has 0 aromatic heterocycles. The molecule has 17 heavy (non-hydrogen) atoms. The predicted octanol–water partition coefficient (Wildman–Crippen LogP) is 2.97. The van der Waals surface area contributed by atoms with Crippen LogP contribution in [0.4, 0.5) is 0 Å². The van der Waals surface area contributed by atoms with E-state index >= 15 is 0 Å². The minimum atomic E-state index is -0.0624. The number of carbonyl (C=O) groups excluding carboxylic acids is 1. The van der Waals surface area contributed by atoms with Gasteiger partial charge in [-0.1, -0.05) is 46.0 Å². The Bertz CT molecular complexity index is 191. The van der Waals surface area contributed by atoms with Crippen LogP contribution in [0.25, 0.3) is 0 Å². The number of aliphatic hydroxyl groups excluding tert-OH is 1. The zero-order valence-corrected chi connectivity index (χ0v) is 12.3. The Morgan fingerprint density at radius 2 is 1.94 bits per heavy atom. The van der Waals surface area contributed by atoms with Gasteiger partial charge in [-0.3, -0.25) is 4.79 Å². The molecule has 0 saturated heterocycles. The number of rotatable bonds is 4.